The summed E-state index contributed by atoms with van der Waals surface area (Å²) in [5.74, 6) is 1.04. The van der Waals surface area contributed by atoms with Crippen LogP contribution < -0.4 is 15.4 Å². The highest BCUT2D eigenvalue weighted by molar-refractivity contribution is 5.76. The highest BCUT2D eigenvalue weighted by atomic mass is 16.5. The molecule has 1 aliphatic rings. The summed E-state index contributed by atoms with van der Waals surface area (Å²) in [5.41, 5.74) is 1.13. The molecule has 0 spiro atoms. The third kappa shape index (κ3) is 3.47. The van der Waals surface area contributed by atoms with Crippen molar-refractivity contribution in [3.05, 3.63) is 29.8 Å². The first-order valence-corrected chi connectivity index (χ1v) is 6.41. The van der Waals surface area contributed by atoms with Gasteiger partial charge in [-0.1, -0.05) is 18.2 Å². The van der Waals surface area contributed by atoms with Crippen molar-refractivity contribution in [2.45, 2.75) is 31.8 Å². The van der Waals surface area contributed by atoms with E-state index in [-0.39, 0.29) is 11.9 Å². The van der Waals surface area contributed by atoms with Crippen LogP contribution in [0.4, 0.5) is 0 Å². The van der Waals surface area contributed by atoms with Gasteiger partial charge in [-0.05, 0) is 18.9 Å². The maximum absolute atomic E-state index is 11.5. The summed E-state index contributed by atoms with van der Waals surface area (Å²) in [5, 5.41) is 6.33. The van der Waals surface area contributed by atoms with Gasteiger partial charge in [-0.3, -0.25) is 4.79 Å². The minimum Gasteiger partial charge on any atom is -0.496 e. The van der Waals surface area contributed by atoms with E-state index in [4.69, 9.17) is 4.74 Å². The molecule has 1 atom stereocenters. The lowest BCUT2D eigenvalue weighted by Crippen LogP contribution is -2.32. The first-order chi connectivity index (χ1) is 8.79. The molecule has 4 heteroatoms. The second-order valence-corrected chi connectivity index (χ2v) is 4.59. The Hall–Kier alpha value is -1.55. The van der Waals surface area contributed by atoms with Gasteiger partial charge in [0.05, 0.1) is 7.11 Å². The van der Waals surface area contributed by atoms with Gasteiger partial charge in [-0.25, -0.2) is 0 Å². The molecule has 1 aromatic rings. The smallest absolute Gasteiger partial charge is 0.221 e. The average Bonchev–Trinajstić information content (AvgIpc) is 2.61. The van der Waals surface area contributed by atoms with Crippen LogP contribution >= 0.6 is 0 Å². The molecule has 0 radical (unpaired) electrons. The summed E-state index contributed by atoms with van der Waals surface area (Å²) in [7, 11) is 1.68. The van der Waals surface area contributed by atoms with E-state index in [0.717, 1.165) is 37.2 Å². The second-order valence-electron chi connectivity index (χ2n) is 4.59. The molecule has 1 amide bonds. The van der Waals surface area contributed by atoms with Crippen molar-refractivity contribution >= 4 is 5.91 Å². The Bertz CT molecular complexity index is 407. The fourth-order valence-electron chi connectivity index (χ4n) is 2.25. The van der Waals surface area contributed by atoms with E-state index < -0.39 is 0 Å². The standard InChI is InChI=1S/C14H20N2O2/c1-18-13-7-3-2-5-11(13)10-16-12-6-4-8-15-14(17)9-12/h2-3,5,7,12,16H,4,6,8-10H2,1H3,(H,15,17). The van der Waals surface area contributed by atoms with E-state index in [1.807, 2.05) is 24.3 Å². The van der Waals surface area contributed by atoms with Gasteiger partial charge in [0, 0.05) is 31.1 Å². The van der Waals surface area contributed by atoms with Gasteiger partial charge in [0.25, 0.3) is 0 Å². The summed E-state index contributed by atoms with van der Waals surface area (Å²) in [6.45, 7) is 1.54. The van der Waals surface area contributed by atoms with Crippen molar-refractivity contribution in [1.82, 2.24) is 10.6 Å². The third-order valence-electron chi connectivity index (χ3n) is 3.26. The first kappa shape index (κ1) is 12.9. The number of para-hydroxylation sites is 1. The van der Waals surface area contributed by atoms with Crippen molar-refractivity contribution in [3.63, 3.8) is 0 Å². The summed E-state index contributed by atoms with van der Waals surface area (Å²) in [6.07, 6.45) is 2.64. The number of rotatable bonds is 4. The topological polar surface area (TPSA) is 50.4 Å². The van der Waals surface area contributed by atoms with Crippen LogP contribution in [-0.2, 0) is 11.3 Å². The number of ether oxygens (including phenoxy) is 1. The molecular formula is C14H20N2O2. The minimum atomic E-state index is 0.144. The third-order valence-corrected chi connectivity index (χ3v) is 3.26. The van der Waals surface area contributed by atoms with Crippen LogP contribution in [0, 0.1) is 0 Å². The van der Waals surface area contributed by atoms with Crippen molar-refractivity contribution in [2.75, 3.05) is 13.7 Å². The maximum atomic E-state index is 11.5. The summed E-state index contributed by atoms with van der Waals surface area (Å²) in [6, 6.07) is 8.22. The Morgan fingerprint density at radius 1 is 1.44 bits per heavy atom. The summed E-state index contributed by atoms with van der Waals surface area (Å²) < 4.78 is 5.31. The van der Waals surface area contributed by atoms with Crippen LogP contribution in [0.15, 0.2) is 24.3 Å². The Labute approximate surface area is 108 Å². The Kier molecular flexibility index (Phi) is 4.59. The predicted molar refractivity (Wildman–Crippen MR) is 70.5 cm³/mol. The number of nitrogens with one attached hydrogen (secondary N) is 2. The molecule has 1 fully saturated rings. The van der Waals surface area contributed by atoms with Crippen LogP contribution in [0.25, 0.3) is 0 Å². The van der Waals surface area contributed by atoms with Crippen LogP contribution in [0.3, 0.4) is 0 Å². The maximum Gasteiger partial charge on any atom is 0.221 e. The quantitative estimate of drug-likeness (QED) is 0.848. The summed E-state index contributed by atoms with van der Waals surface area (Å²) in [4.78, 5) is 11.5. The first-order valence-electron chi connectivity index (χ1n) is 6.41. The molecule has 1 aromatic carbocycles. The largest absolute Gasteiger partial charge is 0.496 e. The monoisotopic (exact) mass is 248 g/mol. The number of benzene rings is 1. The van der Waals surface area contributed by atoms with Crippen LogP contribution in [-0.4, -0.2) is 25.6 Å². The molecule has 1 heterocycles. The fourth-order valence-corrected chi connectivity index (χ4v) is 2.25. The Morgan fingerprint density at radius 2 is 2.28 bits per heavy atom. The second kappa shape index (κ2) is 6.40. The molecular weight excluding hydrogens is 228 g/mol. The predicted octanol–water partition coefficient (Wildman–Crippen LogP) is 1.45. The van der Waals surface area contributed by atoms with Gasteiger partial charge in [-0.15, -0.1) is 0 Å². The summed E-state index contributed by atoms with van der Waals surface area (Å²) >= 11 is 0. The number of hydrogen-bond acceptors (Lipinski definition) is 3. The van der Waals surface area contributed by atoms with Crippen molar-refractivity contribution in [1.29, 1.82) is 0 Å². The van der Waals surface area contributed by atoms with E-state index in [9.17, 15) is 4.79 Å². The van der Waals surface area contributed by atoms with Gasteiger partial charge in [0.1, 0.15) is 5.75 Å². The van der Waals surface area contributed by atoms with Gasteiger partial charge in [-0.2, -0.15) is 0 Å². The molecule has 1 aliphatic heterocycles. The Balaban J connectivity index is 1.92. The molecule has 1 saturated heterocycles. The molecule has 4 nitrogen and oxygen atoms in total. The lowest BCUT2D eigenvalue weighted by molar-refractivity contribution is -0.121. The van der Waals surface area contributed by atoms with E-state index >= 15 is 0 Å². The molecule has 2 N–H and O–H groups in total. The normalized spacial score (nSPS) is 20.1. The minimum absolute atomic E-state index is 0.144. The molecule has 0 aromatic heterocycles. The number of methoxy groups -OCH3 is 1. The van der Waals surface area contributed by atoms with Gasteiger partial charge >= 0.3 is 0 Å². The van der Waals surface area contributed by atoms with Crippen molar-refractivity contribution < 1.29 is 9.53 Å². The van der Waals surface area contributed by atoms with Gasteiger partial charge < -0.3 is 15.4 Å². The molecule has 0 saturated carbocycles. The molecule has 1 unspecified atom stereocenters. The highest BCUT2D eigenvalue weighted by Gasteiger charge is 2.16. The van der Waals surface area contributed by atoms with Crippen LogP contribution in [0.5, 0.6) is 5.75 Å². The number of carbonyl (C=O) groups is 1. The Morgan fingerprint density at radius 3 is 3.11 bits per heavy atom. The SMILES string of the molecule is COc1ccccc1CNC1CCCNC(=O)C1. The molecule has 2 rings (SSSR count). The van der Waals surface area contributed by atoms with Gasteiger partial charge in [0.2, 0.25) is 5.91 Å². The molecule has 18 heavy (non-hydrogen) atoms. The van der Waals surface area contributed by atoms with E-state index in [0.29, 0.717) is 6.42 Å². The van der Waals surface area contributed by atoms with E-state index in [1.165, 1.54) is 0 Å². The van der Waals surface area contributed by atoms with Gasteiger partial charge in [0.15, 0.2) is 0 Å². The van der Waals surface area contributed by atoms with Crippen molar-refractivity contribution in [2.24, 2.45) is 0 Å². The number of amides is 1. The molecule has 98 valence electrons. The molecule has 0 aliphatic carbocycles. The molecule has 0 bridgehead atoms. The van der Waals surface area contributed by atoms with Crippen LogP contribution in [0.2, 0.25) is 0 Å². The fraction of sp³-hybridized carbons (Fsp3) is 0.500. The lowest BCUT2D eigenvalue weighted by Gasteiger charge is -2.16. The highest BCUT2D eigenvalue weighted by Crippen LogP contribution is 2.17. The number of hydrogen-bond donors (Lipinski definition) is 2. The average molecular weight is 248 g/mol. The van der Waals surface area contributed by atoms with Crippen LogP contribution in [0.1, 0.15) is 24.8 Å². The zero-order valence-electron chi connectivity index (χ0n) is 10.7. The zero-order chi connectivity index (χ0) is 12.8. The van der Waals surface area contributed by atoms with E-state index in [1.54, 1.807) is 7.11 Å². The lowest BCUT2D eigenvalue weighted by atomic mass is 10.1. The van der Waals surface area contributed by atoms with Crippen molar-refractivity contribution in [3.8, 4) is 5.75 Å². The number of carbonyl (C=O) groups excluding carboxylic acids is 1. The zero-order valence-corrected chi connectivity index (χ0v) is 10.7. The van der Waals surface area contributed by atoms with E-state index in [2.05, 4.69) is 10.6 Å².